The van der Waals surface area contributed by atoms with E-state index < -0.39 is 0 Å². The molecule has 3 nitrogen and oxygen atoms in total. The molecule has 12 rings (SSSR count). The third-order valence-electron chi connectivity index (χ3n) is 11.2. The van der Waals surface area contributed by atoms with E-state index in [0.717, 1.165) is 22.6 Å². The van der Waals surface area contributed by atoms with Gasteiger partial charge >= 0.3 is 0 Å². The van der Waals surface area contributed by atoms with Crippen molar-refractivity contribution in [1.29, 1.82) is 0 Å². The second-order valence-corrected chi connectivity index (χ2v) is 15.0. The lowest BCUT2D eigenvalue weighted by atomic mass is 9.88. The first-order valence-corrected chi connectivity index (χ1v) is 18.7. The highest BCUT2D eigenvalue weighted by molar-refractivity contribution is 7.24. The molecule has 1 aliphatic heterocycles. The van der Waals surface area contributed by atoms with Crippen molar-refractivity contribution < 1.29 is 0 Å². The standard InChI is InChI=1S/C48H29N3S/c1-2-14-31-28(10-1)11-7-17-34(31)47-48(50-37-19-6-5-18-36(37)49-47)35-24-27-38(33-16-4-3-15-32(33)35)51-39-25-22-29-12-8-20-41-43(29)45(39)46-40(51)26-23-30-13-9-21-42(52-41)44(30)46/h1-27,48,50H. The van der Waals surface area contributed by atoms with Crippen LogP contribution in [0.4, 0.5) is 11.4 Å². The van der Waals surface area contributed by atoms with E-state index in [1.807, 2.05) is 11.3 Å². The summed E-state index contributed by atoms with van der Waals surface area (Å²) >= 11 is 1.90. The first kappa shape index (κ1) is 28.2. The Balaban J connectivity index is 1.15. The van der Waals surface area contributed by atoms with E-state index in [1.165, 1.54) is 85.5 Å². The molecule has 1 atom stereocenters. The van der Waals surface area contributed by atoms with E-state index in [1.54, 1.807) is 0 Å². The predicted molar refractivity (Wildman–Crippen MR) is 223 cm³/mol. The van der Waals surface area contributed by atoms with Gasteiger partial charge in [0.2, 0.25) is 0 Å². The van der Waals surface area contributed by atoms with Gasteiger partial charge in [-0.25, -0.2) is 4.99 Å². The lowest BCUT2D eigenvalue weighted by Crippen LogP contribution is -2.25. The van der Waals surface area contributed by atoms with Gasteiger partial charge in [-0.1, -0.05) is 121 Å². The summed E-state index contributed by atoms with van der Waals surface area (Å²) in [5, 5.41) is 16.7. The van der Waals surface area contributed by atoms with Crippen LogP contribution in [-0.2, 0) is 0 Å². The fourth-order valence-corrected chi connectivity index (χ4v) is 10.2. The molecule has 242 valence electrons. The van der Waals surface area contributed by atoms with Gasteiger partial charge in [0.25, 0.3) is 0 Å². The second kappa shape index (κ2) is 10.5. The Hall–Kier alpha value is -6.49. The maximum absolute atomic E-state index is 5.40. The zero-order valence-electron chi connectivity index (χ0n) is 28.0. The molecule has 0 saturated carbocycles. The maximum atomic E-state index is 5.40. The molecule has 0 spiro atoms. The maximum Gasteiger partial charge on any atom is 0.0953 e. The second-order valence-electron chi connectivity index (χ2n) is 13.9. The Labute approximate surface area is 303 Å². The first-order chi connectivity index (χ1) is 25.8. The molecule has 4 heteroatoms. The summed E-state index contributed by atoms with van der Waals surface area (Å²) in [5.74, 6) is 0. The van der Waals surface area contributed by atoms with Crippen molar-refractivity contribution in [3.63, 3.8) is 0 Å². The summed E-state index contributed by atoms with van der Waals surface area (Å²) < 4.78 is 5.15. The average Bonchev–Trinajstić information content (AvgIpc) is 3.46. The van der Waals surface area contributed by atoms with Crippen molar-refractivity contribution >= 4 is 103 Å². The molecule has 1 unspecified atom stereocenters. The number of aliphatic imine (C=N–C) groups is 1. The predicted octanol–water partition coefficient (Wildman–Crippen LogP) is 13.3. The first-order valence-electron chi connectivity index (χ1n) is 17.8. The van der Waals surface area contributed by atoms with Crippen LogP contribution in [0.2, 0.25) is 0 Å². The third-order valence-corrected chi connectivity index (χ3v) is 12.3. The van der Waals surface area contributed by atoms with Crippen LogP contribution in [0.5, 0.6) is 0 Å². The number of rotatable bonds is 3. The fraction of sp³-hybridized carbons (Fsp3) is 0.0208. The van der Waals surface area contributed by atoms with Crippen LogP contribution < -0.4 is 5.32 Å². The van der Waals surface area contributed by atoms with Crippen LogP contribution >= 0.6 is 11.3 Å². The van der Waals surface area contributed by atoms with Crippen molar-refractivity contribution in [2.45, 2.75) is 6.04 Å². The summed E-state index contributed by atoms with van der Waals surface area (Å²) in [4.78, 5) is 5.40. The van der Waals surface area contributed by atoms with E-state index in [-0.39, 0.29) is 6.04 Å². The molecule has 0 aliphatic carbocycles. The van der Waals surface area contributed by atoms with Crippen LogP contribution in [0.3, 0.4) is 0 Å². The molecule has 0 fully saturated rings. The molecule has 0 saturated heterocycles. The highest BCUT2D eigenvalue weighted by Gasteiger charge is 2.29. The Kier molecular flexibility index (Phi) is 5.71. The van der Waals surface area contributed by atoms with Crippen LogP contribution in [0.1, 0.15) is 17.2 Å². The van der Waals surface area contributed by atoms with Gasteiger partial charge < -0.3 is 9.88 Å². The van der Waals surface area contributed by atoms with Gasteiger partial charge in [0, 0.05) is 41.9 Å². The van der Waals surface area contributed by atoms with Crippen LogP contribution in [0.25, 0.3) is 80.0 Å². The summed E-state index contributed by atoms with van der Waals surface area (Å²) in [6.07, 6.45) is 0. The van der Waals surface area contributed by atoms with Gasteiger partial charge in [-0.3, -0.25) is 0 Å². The molecule has 3 heterocycles. The van der Waals surface area contributed by atoms with Gasteiger partial charge in [0.1, 0.15) is 0 Å². The smallest absolute Gasteiger partial charge is 0.0953 e. The molecular formula is C48H29N3S. The molecule has 0 amide bonds. The SMILES string of the molecule is c1ccc2c(c1)N=C(c1cccc3ccccc13)C(c1ccc(-n3c4ccc5cccc6sc7cccc8ccc3c(c87)c4c56)c3ccccc13)N2. The molecule has 9 aromatic carbocycles. The number of anilines is 1. The minimum atomic E-state index is -0.154. The van der Waals surface area contributed by atoms with Gasteiger partial charge in [-0.15, -0.1) is 11.3 Å². The monoisotopic (exact) mass is 679 g/mol. The number of nitrogens with one attached hydrogen (secondary N) is 1. The zero-order chi connectivity index (χ0) is 33.9. The lowest BCUT2D eigenvalue weighted by Gasteiger charge is -2.30. The minimum Gasteiger partial charge on any atom is -0.371 e. The number of hydrogen-bond donors (Lipinski definition) is 1. The van der Waals surface area contributed by atoms with E-state index in [4.69, 9.17) is 4.99 Å². The van der Waals surface area contributed by atoms with E-state index in [2.05, 4.69) is 174 Å². The van der Waals surface area contributed by atoms with Gasteiger partial charge in [-0.2, -0.15) is 0 Å². The Bertz CT molecular complexity index is 3180. The van der Waals surface area contributed by atoms with E-state index in [9.17, 15) is 0 Å². The summed E-state index contributed by atoms with van der Waals surface area (Å²) in [6, 6.07) is 59.8. The Morgan fingerprint density at radius 2 is 1.10 bits per heavy atom. The van der Waals surface area contributed by atoms with Crippen molar-refractivity contribution in [3.8, 4) is 5.69 Å². The molecule has 11 aromatic rings. The van der Waals surface area contributed by atoms with Crippen LogP contribution in [-0.4, -0.2) is 10.3 Å². The molecule has 0 bridgehead atoms. The van der Waals surface area contributed by atoms with Gasteiger partial charge in [-0.05, 0) is 75.0 Å². The highest BCUT2D eigenvalue weighted by Crippen LogP contribution is 2.47. The number of hydrogen-bond acceptors (Lipinski definition) is 3. The van der Waals surface area contributed by atoms with Gasteiger partial charge in [0.05, 0.1) is 39.8 Å². The normalized spacial score (nSPS) is 14.6. The number of aromatic nitrogens is 1. The summed E-state index contributed by atoms with van der Waals surface area (Å²) in [5.41, 5.74) is 9.05. The molecule has 1 aliphatic rings. The summed E-state index contributed by atoms with van der Waals surface area (Å²) in [7, 11) is 0. The fourth-order valence-electron chi connectivity index (χ4n) is 8.98. The number of nitrogens with zero attached hydrogens (tertiary/aromatic N) is 2. The Morgan fingerprint density at radius 1 is 0.481 bits per heavy atom. The van der Waals surface area contributed by atoms with Crippen LogP contribution in [0, 0.1) is 0 Å². The number of fused-ring (bicyclic) bond motifs is 3. The zero-order valence-corrected chi connectivity index (χ0v) is 28.8. The van der Waals surface area contributed by atoms with Crippen molar-refractivity contribution in [1.82, 2.24) is 4.57 Å². The van der Waals surface area contributed by atoms with Crippen molar-refractivity contribution in [3.05, 3.63) is 175 Å². The number of para-hydroxylation sites is 2. The topological polar surface area (TPSA) is 29.3 Å². The molecule has 2 aromatic heterocycles. The Morgan fingerprint density at radius 3 is 1.87 bits per heavy atom. The van der Waals surface area contributed by atoms with Gasteiger partial charge in [0.15, 0.2) is 0 Å². The van der Waals surface area contributed by atoms with E-state index in [0.29, 0.717) is 0 Å². The van der Waals surface area contributed by atoms with Crippen molar-refractivity contribution in [2.24, 2.45) is 4.99 Å². The quantitative estimate of drug-likeness (QED) is 0.198. The number of benzene rings is 9. The van der Waals surface area contributed by atoms with Crippen molar-refractivity contribution in [2.75, 3.05) is 5.32 Å². The third kappa shape index (κ3) is 3.82. The lowest BCUT2D eigenvalue weighted by molar-refractivity contribution is 1.03. The highest BCUT2D eigenvalue weighted by atomic mass is 32.1. The molecular weight excluding hydrogens is 651 g/mol. The van der Waals surface area contributed by atoms with Crippen LogP contribution in [0.15, 0.2) is 169 Å². The minimum absolute atomic E-state index is 0.154. The molecule has 0 radical (unpaired) electrons. The molecule has 1 N–H and O–H groups in total. The average molecular weight is 680 g/mol. The molecule has 52 heavy (non-hydrogen) atoms. The largest absolute Gasteiger partial charge is 0.371 e. The van der Waals surface area contributed by atoms with E-state index >= 15 is 0 Å². The summed E-state index contributed by atoms with van der Waals surface area (Å²) in [6.45, 7) is 0.